The van der Waals surface area contributed by atoms with E-state index in [1.54, 1.807) is 19.1 Å². The summed E-state index contributed by atoms with van der Waals surface area (Å²) >= 11 is 0. The van der Waals surface area contributed by atoms with E-state index in [0.717, 1.165) is 42.3 Å². The summed E-state index contributed by atoms with van der Waals surface area (Å²) in [5.41, 5.74) is 2.65. The van der Waals surface area contributed by atoms with Gasteiger partial charge >= 0.3 is 0 Å². The summed E-state index contributed by atoms with van der Waals surface area (Å²) in [6.45, 7) is 3.09. The highest BCUT2D eigenvalue weighted by Gasteiger charge is 2.34. The summed E-state index contributed by atoms with van der Waals surface area (Å²) in [5.74, 6) is -0.947. The lowest BCUT2D eigenvalue weighted by atomic mass is 9.70. The van der Waals surface area contributed by atoms with E-state index in [4.69, 9.17) is 0 Å². The Hall–Kier alpha value is -2.31. The van der Waals surface area contributed by atoms with E-state index in [1.165, 1.54) is 18.2 Å². The van der Waals surface area contributed by atoms with Crippen LogP contribution in [0.15, 0.2) is 36.4 Å². The van der Waals surface area contributed by atoms with Crippen LogP contribution in [-0.2, 0) is 0 Å². The average Bonchev–Trinajstić information content (AvgIpc) is 2.96. The maximum absolute atomic E-state index is 14.4. The van der Waals surface area contributed by atoms with Gasteiger partial charge in [0.2, 0.25) is 0 Å². The third-order valence-corrected chi connectivity index (χ3v) is 5.51. The third kappa shape index (κ3) is 3.66. The van der Waals surface area contributed by atoms with Crippen molar-refractivity contribution in [1.29, 1.82) is 0 Å². The number of rotatable bonds is 6. The van der Waals surface area contributed by atoms with Crippen LogP contribution in [0, 0.1) is 23.4 Å². The molecule has 0 saturated heterocycles. The molecule has 1 fully saturated rings. The van der Waals surface area contributed by atoms with Crippen LogP contribution in [0.3, 0.4) is 0 Å². The minimum absolute atomic E-state index is 0.174. The lowest BCUT2D eigenvalue weighted by molar-refractivity contribution is 0.180. The molecule has 3 N–H and O–H groups in total. The molecule has 6 heteroatoms. The Morgan fingerprint density at radius 2 is 1.82 bits per heavy atom. The van der Waals surface area contributed by atoms with Gasteiger partial charge in [-0.05, 0) is 79.6 Å². The van der Waals surface area contributed by atoms with Crippen LogP contribution in [0.4, 0.5) is 13.2 Å². The van der Waals surface area contributed by atoms with Crippen molar-refractivity contribution >= 4 is 10.9 Å². The molecule has 3 nitrogen and oxygen atoms in total. The number of aromatic amines is 1. The molecule has 1 aliphatic rings. The Bertz CT molecular complexity index is 976. The Morgan fingerprint density at radius 1 is 1.11 bits per heavy atom. The Kier molecular flexibility index (Phi) is 5.17. The van der Waals surface area contributed by atoms with Gasteiger partial charge in [0.15, 0.2) is 0 Å². The summed E-state index contributed by atoms with van der Waals surface area (Å²) in [5, 5.41) is 13.1. The molecule has 0 unspecified atom stereocenters. The topological polar surface area (TPSA) is 48.0 Å². The van der Waals surface area contributed by atoms with Gasteiger partial charge < -0.3 is 15.4 Å². The van der Waals surface area contributed by atoms with E-state index in [2.05, 4.69) is 10.3 Å². The summed E-state index contributed by atoms with van der Waals surface area (Å²) in [4.78, 5) is 3.10. The highest BCUT2D eigenvalue weighted by atomic mass is 19.1. The van der Waals surface area contributed by atoms with Crippen LogP contribution in [-0.4, -0.2) is 29.3 Å². The molecule has 0 amide bonds. The maximum Gasteiger partial charge on any atom is 0.150 e. The van der Waals surface area contributed by atoms with Crippen molar-refractivity contribution in [3.8, 4) is 11.3 Å². The number of hydrogen-bond acceptors (Lipinski definition) is 2. The van der Waals surface area contributed by atoms with E-state index in [9.17, 15) is 18.3 Å². The van der Waals surface area contributed by atoms with Gasteiger partial charge in [-0.15, -0.1) is 0 Å². The van der Waals surface area contributed by atoms with Crippen molar-refractivity contribution in [3.05, 3.63) is 59.4 Å². The van der Waals surface area contributed by atoms with Gasteiger partial charge in [-0.1, -0.05) is 0 Å². The molecular weight excluding hydrogens is 365 g/mol. The monoisotopic (exact) mass is 388 g/mol. The molecule has 1 aromatic heterocycles. The van der Waals surface area contributed by atoms with Gasteiger partial charge in [0.05, 0.1) is 17.3 Å². The molecule has 1 heterocycles. The molecule has 28 heavy (non-hydrogen) atoms. The minimum atomic E-state index is -0.626. The first-order valence-electron chi connectivity index (χ1n) is 9.57. The molecule has 1 saturated carbocycles. The van der Waals surface area contributed by atoms with Crippen molar-refractivity contribution in [2.45, 2.75) is 31.8 Å². The lowest BCUT2D eigenvalue weighted by Gasteiger charge is -2.36. The molecule has 4 rings (SSSR count). The van der Waals surface area contributed by atoms with Crippen molar-refractivity contribution < 1.29 is 18.3 Å². The van der Waals surface area contributed by atoms with Crippen molar-refractivity contribution in [2.24, 2.45) is 5.92 Å². The van der Waals surface area contributed by atoms with Crippen LogP contribution in [0.5, 0.6) is 0 Å². The maximum atomic E-state index is 14.4. The van der Waals surface area contributed by atoms with Crippen LogP contribution in [0.1, 0.15) is 31.2 Å². The predicted octanol–water partition coefficient (Wildman–Crippen LogP) is 4.72. The molecular formula is C22H23F3N2O. The Morgan fingerprint density at radius 3 is 2.50 bits per heavy atom. The van der Waals surface area contributed by atoms with E-state index < -0.39 is 11.6 Å². The van der Waals surface area contributed by atoms with Crippen LogP contribution < -0.4 is 5.32 Å². The lowest BCUT2D eigenvalue weighted by Crippen LogP contribution is -2.35. The summed E-state index contributed by atoms with van der Waals surface area (Å²) < 4.78 is 41.6. The van der Waals surface area contributed by atoms with Crippen LogP contribution in [0.25, 0.3) is 22.2 Å². The quantitative estimate of drug-likeness (QED) is 0.572. The number of fused-ring (bicyclic) bond motifs is 1. The molecule has 3 aromatic rings. The number of aromatic nitrogens is 1. The molecule has 1 aliphatic carbocycles. The second-order valence-corrected chi connectivity index (χ2v) is 7.77. The number of benzene rings is 2. The van der Waals surface area contributed by atoms with Gasteiger partial charge in [0.25, 0.3) is 0 Å². The Labute approximate surface area is 161 Å². The highest BCUT2D eigenvalue weighted by molar-refractivity contribution is 5.92. The van der Waals surface area contributed by atoms with Crippen LogP contribution in [0.2, 0.25) is 0 Å². The largest absolute Gasteiger partial charge is 0.392 e. The highest BCUT2D eigenvalue weighted by Crippen LogP contribution is 2.48. The fourth-order valence-electron chi connectivity index (χ4n) is 4.14. The van der Waals surface area contributed by atoms with E-state index in [-0.39, 0.29) is 23.4 Å². The minimum Gasteiger partial charge on any atom is -0.392 e. The number of halogens is 3. The first-order chi connectivity index (χ1) is 13.4. The van der Waals surface area contributed by atoms with E-state index in [0.29, 0.717) is 17.8 Å². The number of H-pyrrole nitrogens is 1. The normalized spacial score (nSPS) is 20.3. The van der Waals surface area contributed by atoms with E-state index >= 15 is 0 Å². The smallest absolute Gasteiger partial charge is 0.150 e. The second kappa shape index (κ2) is 7.60. The fourth-order valence-corrected chi connectivity index (χ4v) is 4.14. The first kappa shape index (κ1) is 19.0. The zero-order chi connectivity index (χ0) is 19.8. The van der Waals surface area contributed by atoms with Crippen molar-refractivity contribution in [3.63, 3.8) is 0 Å². The third-order valence-electron chi connectivity index (χ3n) is 5.51. The molecule has 1 atom stereocenters. The van der Waals surface area contributed by atoms with Gasteiger partial charge in [-0.25, -0.2) is 13.2 Å². The average molecular weight is 388 g/mol. The summed E-state index contributed by atoms with van der Waals surface area (Å²) in [7, 11) is 0. The summed E-state index contributed by atoms with van der Waals surface area (Å²) in [6, 6.07) is 8.28. The fraction of sp³-hybridized carbons (Fsp3) is 0.364. The van der Waals surface area contributed by atoms with E-state index in [1.807, 2.05) is 0 Å². The number of nitrogens with one attached hydrogen (secondary N) is 2. The summed E-state index contributed by atoms with van der Waals surface area (Å²) in [6.07, 6.45) is 1.40. The van der Waals surface area contributed by atoms with Crippen LogP contribution >= 0.6 is 0 Å². The second-order valence-electron chi connectivity index (χ2n) is 7.77. The van der Waals surface area contributed by atoms with Gasteiger partial charge in [0, 0.05) is 18.0 Å². The van der Waals surface area contributed by atoms with Crippen molar-refractivity contribution in [2.75, 3.05) is 13.1 Å². The molecule has 0 radical (unpaired) electrons. The molecule has 0 spiro atoms. The van der Waals surface area contributed by atoms with Gasteiger partial charge in [-0.3, -0.25) is 0 Å². The SMILES string of the molecule is C[C@@H](O)CNCC1CC(c2c(-c3ccc(F)cc3)[nH]c3c(F)cc(F)cc23)C1. The van der Waals surface area contributed by atoms with Crippen molar-refractivity contribution in [1.82, 2.24) is 10.3 Å². The first-order valence-corrected chi connectivity index (χ1v) is 9.57. The van der Waals surface area contributed by atoms with Gasteiger partial charge in [0.1, 0.15) is 17.5 Å². The molecule has 0 aliphatic heterocycles. The standard InChI is InChI=1S/C22H23F3N2O/c1-12(28)10-26-11-13-6-15(7-13)20-18-8-17(24)9-19(25)22(18)27-21(20)14-2-4-16(23)5-3-14/h2-5,8-9,12-13,15,26-28H,6-7,10-11H2,1H3/t12-,13?,15?/m1/s1. The Balaban J connectivity index is 1.66. The molecule has 0 bridgehead atoms. The number of aliphatic hydroxyl groups excluding tert-OH is 1. The number of aliphatic hydroxyl groups is 1. The zero-order valence-corrected chi connectivity index (χ0v) is 15.6. The van der Waals surface area contributed by atoms with Gasteiger partial charge in [-0.2, -0.15) is 0 Å². The molecule has 2 aromatic carbocycles. The number of hydrogen-bond donors (Lipinski definition) is 3. The molecule has 148 valence electrons. The zero-order valence-electron chi connectivity index (χ0n) is 15.6. The predicted molar refractivity (Wildman–Crippen MR) is 104 cm³/mol.